The van der Waals surface area contributed by atoms with E-state index in [4.69, 9.17) is 10.5 Å². The molecule has 136 valence electrons. The molecule has 1 heterocycles. The van der Waals surface area contributed by atoms with Crippen LogP contribution >= 0.6 is 27.7 Å². The van der Waals surface area contributed by atoms with Crippen LogP contribution < -0.4 is 10.5 Å². The first-order valence-corrected chi connectivity index (χ1v) is 9.89. The zero-order valence-corrected chi connectivity index (χ0v) is 16.7. The van der Waals surface area contributed by atoms with Crippen LogP contribution in [0, 0.1) is 0 Å². The Morgan fingerprint density at radius 2 is 1.96 bits per heavy atom. The molecule has 0 unspecified atom stereocenters. The zero-order chi connectivity index (χ0) is 18.9. The topological polar surface area (TPSA) is 72.9 Å². The number of hydrogen-bond acceptors (Lipinski definition) is 5. The van der Waals surface area contributed by atoms with Gasteiger partial charge in [0.1, 0.15) is 5.75 Å². The molecule has 3 aromatic rings. The average Bonchev–Trinajstić information content (AvgIpc) is 2.69. The fraction of sp³-hybridized carbons (Fsp3) is 0.0500. The SMILES string of the molecule is NC(=NN=Cc1cccc(Oc2ccc(Br)cn2)c1)SCc1ccccc1. The van der Waals surface area contributed by atoms with Gasteiger partial charge >= 0.3 is 0 Å². The normalized spacial score (nSPS) is 11.7. The molecule has 0 amide bonds. The van der Waals surface area contributed by atoms with Gasteiger partial charge in [0.15, 0.2) is 5.17 Å². The van der Waals surface area contributed by atoms with Crippen molar-refractivity contribution in [3.8, 4) is 11.6 Å². The van der Waals surface area contributed by atoms with Gasteiger partial charge in [0.2, 0.25) is 5.88 Å². The van der Waals surface area contributed by atoms with E-state index in [1.165, 1.54) is 17.3 Å². The van der Waals surface area contributed by atoms with Crippen molar-refractivity contribution in [3.05, 3.63) is 88.5 Å². The molecule has 0 spiro atoms. The highest BCUT2D eigenvalue weighted by Crippen LogP contribution is 2.21. The second-order valence-electron chi connectivity index (χ2n) is 5.45. The lowest BCUT2D eigenvalue weighted by molar-refractivity contribution is 0.462. The number of nitrogens with two attached hydrogens (primary N) is 1. The highest BCUT2D eigenvalue weighted by Gasteiger charge is 2.00. The molecule has 0 fully saturated rings. The maximum atomic E-state index is 5.89. The van der Waals surface area contributed by atoms with Crippen LogP contribution in [0.5, 0.6) is 11.6 Å². The van der Waals surface area contributed by atoms with Crippen molar-refractivity contribution in [3.63, 3.8) is 0 Å². The quantitative estimate of drug-likeness (QED) is 0.324. The first-order valence-electron chi connectivity index (χ1n) is 8.12. The second-order valence-corrected chi connectivity index (χ2v) is 7.36. The van der Waals surface area contributed by atoms with Crippen molar-refractivity contribution in [2.75, 3.05) is 0 Å². The molecule has 2 aromatic carbocycles. The van der Waals surface area contributed by atoms with E-state index in [1.807, 2.05) is 48.5 Å². The average molecular weight is 441 g/mol. The van der Waals surface area contributed by atoms with Crippen LogP contribution in [0.1, 0.15) is 11.1 Å². The molecule has 3 rings (SSSR count). The molecule has 5 nitrogen and oxygen atoms in total. The van der Waals surface area contributed by atoms with Gasteiger partial charge in [-0.3, -0.25) is 0 Å². The first kappa shape index (κ1) is 19.1. The minimum absolute atomic E-state index is 0.418. The van der Waals surface area contributed by atoms with Crippen LogP contribution in [0.15, 0.2) is 87.6 Å². The van der Waals surface area contributed by atoms with Crippen molar-refractivity contribution in [1.82, 2.24) is 4.98 Å². The lowest BCUT2D eigenvalue weighted by Gasteiger charge is -2.05. The maximum absolute atomic E-state index is 5.89. The van der Waals surface area contributed by atoms with Gasteiger partial charge in [-0.15, -0.1) is 5.10 Å². The molecular weight excluding hydrogens is 424 g/mol. The van der Waals surface area contributed by atoms with Crippen molar-refractivity contribution in [2.45, 2.75) is 5.75 Å². The third kappa shape index (κ3) is 6.54. The van der Waals surface area contributed by atoms with E-state index in [9.17, 15) is 0 Å². The highest BCUT2D eigenvalue weighted by molar-refractivity contribution is 9.10. The van der Waals surface area contributed by atoms with E-state index in [0.717, 1.165) is 15.8 Å². The fourth-order valence-corrected chi connectivity index (χ4v) is 2.96. The summed E-state index contributed by atoms with van der Waals surface area (Å²) in [7, 11) is 0. The van der Waals surface area contributed by atoms with Crippen molar-refractivity contribution >= 4 is 39.1 Å². The molecule has 0 aliphatic heterocycles. The standard InChI is InChI=1S/C20H17BrN4OS/c21-17-9-10-19(23-13-17)26-18-8-4-7-16(11-18)12-24-25-20(22)27-14-15-5-2-1-3-6-15/h1-13H,14H2,(H2,22,25). The Hall–Kier alpha value is -2.64. The predicted octanol–water partition coefficient (Wildman–Crippen LogP) is 5.22. The van der Waals surface area contributed by atoms with Gasteiger partial charge in [0.25, 0.3) is 0 Å². The van der Waals surface area contributed by atoms with E-state index in [2.05, 4.69) is 43.2 Å². The van der Waals surface area contributed by atoms with Crippen molar-refractivity contribution in [1.29, 1.82) is 0 Å². The Labute approximate surface area is 170 Å². The number of halogens is 1. The minimum Gasteiger partial charge on any atom is -0.439 e. The van der Waals surface area contributed by atoms with E-state index in [-0.39, 0.29) is 0 Å². The smallest absolute Gasteiger partial charge is 0.219 e. The Morgan fingerprint density at radius 3 is 2.74 bits per heavy atom. The number of aromatic nitrogens is 1. The number of pyridine rings is 1. The van der Waals surface area contributed by atoms with E-state index in [0.29, 0.717) is 16.8 Å². The summed E-state index contributed by atoms with van der Waals surface area (Å²) < 4.78 is 6.63. The monoisotopic (exact) mass is 440 g/mol. The van der Waals surface area contributed by atoms with E-state index in [1.54, 1.807) is 18.5 Å². The van der Waals surface area contributed by atoms with Crippen LogP contribution in [0.25, 0.3) is 0 Å². The van der Waals surface area contributed by atoms with Gasteiger partial charge in [-0.1, -0.05) is 54.2 Å². The number of rotatable bonds is 6. The summed E-state index contributed by atoms with van der Waals surface area (Å²) in [6.07, 6.45) is 3.32. The van der Waals surface area contributed by atoms with Crippen LogP contribution in [0.3, 0.4) is 0 Å². The van der Waals surface area contributed by atoms with Crippen molar-refractivity contribution < 1.29 is 4.74 Å². The van der Waals surface area contributed by atoms with Crippen LogP contribution in [-0.2, 0) is 5.75 Å². The molecule has 0 aliphatic carbocycles. The molecule has 0 aliphatic rings. The number of thioether (sulfide) groups is 1. The molecule has 0 radical (unpaired) electrons. The Balaban J connectivity index is 1.57. The molecule has 1 aromatic heterocycles. The van der Waals surface area contributed by atoms with Crippen molar-refractivity contribution in [2.24, 2.45) is 15.9 Å². The number of hydrogen-bond donors (Lipinski definition) is 1. The molecule has 0 saturated carbocycles. The highest BCUT2D eigenvalue weighted by atomic mass is 79.9. The minimum atomic E-state index is 0.418. The molecule has 2 N–H and O–H groups in total. The van der Waals surface area contributed by atoms with Crippen LogP contribution in [0.4, 0.5) is 0 Å². The summed E-state index contributed by atoms with van der Waals surface area (Å²) in [5.74, 6) is 1.95. The first-order chi connectivity index (χ1) is 13.2. The van der Waals surface area contributed by atoms with E-state index >= 15 is 0 Å². The summed E-state index contributed by atoms with van der Waals surface area (Å²) in [6.45, 7) is 0. The Kier molecular flexibility index (Phi) is 7.01. The molecule has 0 atom stereocenters. The van der Waals surface area contributed by atoms with Gasteiger partial charge in [-0.2, -0.15) is 5.10 Å². The maximum Gasteiger partial charge on any atom is 0.219 e. The number of amidine groups is 1. The lowest BCUT2D eigenvalue weighted by atomic mass is 10.2. The summed E-state index contributed by atoms with van der Waals surface area (Å²) in [5, 5.41) is 8.50. The number of ether oxygens (including phenoxy) is 1. The summed E-state index contributed by atoms with van der Waals surface area (Å²) >= 11 is 4.79. The van der Waals surface area contributed by atoms with Gasteiger partial charge in [0.05, 0.1) is 6.21 Å². The summed E-state index contributed by atoms with van der Waals surface area (Å²) in [6, 6.07) is 21.3. The van der Waals surface area contributed by atoms with Gasteiger partial charge in [0, 0.05) is 22.5 Å². The molecule has 0 saturated heterocycles. The fourth-order valence-electron chi connectivity index (χ4n) is 2.11. The Morgan fingerprint density at radius 1 is 1.11 bits per heavy atom. The summed E-state index contributed by atoms with van der Waals surface area (Å²) in [4.78, 5) is 4.19. The largest absolute Gasteiger partial charge is 0.439 e. The zero-order valence-electron chi connectivity index (χ0n) is 14.3. The van der Waals surface area contributed by atoms with Crippen LogP contribution in [0.2, 0.25) is 0 Å². The number of benzene rings is 2. The summed E-state index contributed by atoms with van der Waals surface area (Å²) in [5.41, 5.74) is 7.94. The molecule has 27 heavy (non-hydrogen) atoms. The van der Waals surface area contributed by atoms with Gasteiger partial charge < -0.3 is 10.5 Å². The third-order valence-electron chi connectivity index (χ3n) is 3.37. The lowest BCUT2D eigenvalue weighted by Crippen LogP contribution is -2.05. The van der Waals surface area contributed by atoms with Crippen LogP contribution in [-0.4, -0.2) is 16.4 Å². The van der Waals surface area contributed by atoms with Gasteiger partial charge in [-0.05, 0) is 45.3 Å². The third-order valence-corrected chi connectivity index (χ3v) is 4.70. The molecule has 7 heteroatoms. The number of nitrogens with zero attached hydrogens (tertiary/aromatic N) is 3. The molecular formula is C20H17BrN4OS. The van der Waals surface area contributed by atoms with Gasteiger partial charge in [-0.25, -0.2) is 4.98 Å². The Bertz CT molecular complexity index is 930. The van der Waals surface area contributed by atoms with E-state index < -0.39 is 0 Å². The second kappa shape index (κ2) is 9.89. The predicted molar refractivity (Wildman–Crippen MR) is 115 cm³/mol. The molecule has 0 bridgehead atoms.